The Morgan fingerprint density at radius 2 is 1.84 bits per heavy atom. The number of rotatable bonds is 7. The maximum absolute atomic E-state index is 5.92. The van der Waals surface area contributed by atoms with Crippen molar-refractivity contribution >= 4 is 0 Å². The molecule has 1 atom stereocenters. The molecule has 1 rings (SSSR count). The monoisotopic (exact) mass is 266 g/mol. The maximum atomic E-state index is 5.92. The third-order valence-electron chi connectivity index (χ3n) is 3.98. The first-order valence-electron chi connectivity index (χ1n) is 7.30. The molecule has 19 heavy (non-hydrogen) atoms. The van der Waals surface area contributed by atoms with Gasteiger partial charge in [0.25, 0.3) is 0 Å². The molecule has 1 aromatic rings. The van der Waals surface area contributed by atoms with E-state index in [0.29, 0.717) is 24.3 Å². The van der Waals surface area contributed by atoms with Crippen LogP contribution in [0.3, 0.4) is 0 Å². The molecular weight excluding hydrogens is 236 g/mol. The number of nitrogens with two attached hydrogens (primary N) is 1. The number of nitrogens with one attached hydrogen (secondary N) is 1. The zero-order valence-corrected chi connectivity index (χ0v) is 13.3. The van der Waals surface area contributed by atoms with E-state index in [9.17, 15) is 0 Å². The average Bonchev–Trinajstić information content (AvgIpc) is 2.63. The van der Waals surface area contributed by atoms with Gasteiger partial charge in [0, 0.05) is 31.4 Å². The van der Waals surface area contributed by atoms with Gasteiger partial charge in [0.1, 0.15) is 0 Å². The molecule has 0 radical (unpaired) electrons. The number of hydrogen-bond acceptors (Lipinski definition) is 3. The van der Waals surface area contributed by atoms with E-state index in [4.69, 9.17) is 5.73 Å². The predicted molar refractivity (Wildman–Crippen MR) is 80.9 cm³/mol. The molecule has 0 bridgehead atoms. The predicted octanol–water partition coefficient (Wildman–Crippen LogP) is 2.25. The summed E-state index contributed by atoms with van der Waals surface area (Å²) in [6.45, 7) is 12.8. The molecule has 110 valence electrons. The first-order chi connectivity index (χ1) is 8.86. The van der Waals surface area contributed by atoms with Gasteiger partial charge in [-0.3, -0.25) is 4.68 Å². The molecule has 0 amide bonds. The first-order valence-corrected chi connectivity index (χ1v) is 7.30. The molecule has 0 aromatic carbocycles. The van der Waals surface area contributed by atoms with Crippen LogP contribution in [0.5, 0.6) is 0 Å². The van der Waals surface area contributed by atoms with E-state index in [1.807, 2.05) is 18.7 Å². The molecule has 0 fully saturated rings. The van der Waals surface area contributed by atoms with Gasteiger partial charge in [-0.1, -0.05) is 27.7 Å². The second-order valence-corrected chi connectivity index (χ2v) is 6.19. The molecule has 1 heterocycles. The van der Waals surface area contributed by atoms with Crippen LogP contribution >= 0.6 is 0 Å². The molecular formula is C15H30N4. The number of aromatic nitrogens is 2. The SMILES string of the molecule is Cc1nn(C)cc1C(CN)NCC(C(C)C)C(C)C. The minimum absolute atomic E-state index is 0.202. The Morgan fingerprint density at radius 3 is 2.21 bits per heavy atom. The lowest BCUT2D eigenvalue weighted by Gasteiger charge is -2.27. The molecule has 0 saturated heterocycles. The topological polar surface area (TPSA) is 55.9 Å². The van der Waals surface area contributed by atoms with E-state index in [0.717, 1.165) is 12.2 Å². The molecule has 0 aliphatic heterocycles. The van der Waals surface area contributed by atoms with Gasteiger partial charge in [0.05, 0.1) is 5.69 Å². The molecule has 4 nitrogen and oxygen atoms in total. The van der Waals surface area contributed by atoms with E-state index in [1.54, 1.807) is 0 Å². The number of nitrogens with zero attached hydrogens (tertiary/aromatic N) is 2. The van der Waals surface area contributed by atoms with Gasteiger partial charge in [-0.25, -0.2) is 0 Å². The lowest BCUT2D eigenvalue weighted by atomic mass is 9.85. The molecule has 0 aliphatic rings. The lowest BCUT2D eigenvalue weighted by Crippen LogP contribution is -2.35. The largest absolute Gasteiger partial charge is 0.329 e. The van der Waals surface area contributed by atoms with Crippen LogP contribution < -0.4 is 11.1 Å². The Morgan fingerprint density at radius 1 is 1.26 bits per heavy atom. The smallest absolute Gasteiger partial charge is 0.0641 e. The minimum Gasteiger partial charge on any atom is -0.329 e. The van der Waals surface area contributed by atoms with Crippen molar-refractivity contribution in [3.8, 4) is 0 Å². The van der Waals surface area contributed by atoms with Crippen molar-refractivity contribution < 1.29 is 0 Å². The van der Waals surface area contributed by atoms with E-state index in [2.05, 4.69) is 44.3 Å². The Hall–Kier alpha value is -0.870. The van der Waals surface area contributed by atoms with E-state index < -0.39 is 0 Å². The van der Waals surface area contributed by atoms with Crippen molar-refractivity contribution in [2.45, 2.75) is 40.7 Å². The molecule has 0 spiro atoms. The summed E-state index contributed by atoms with van der Waals surface area (Å²) in [5.41, 5.74) is 8.21. The second kappa shape index (κ2) is 7.06. The summed E-state index contributed by atoms with van der Waals surface area (Å²) in [7, 11) is 1.95. The summed E-state index contributed by atoms with van der Waals surface area (Å²) in [6.07, 6.45) is 2.07. The van der Waals surface area contributed by atoms with Crippen molar-refractivity contribution in [2.75, 3.05) is 13.1 Å². The molecule has 0 aliphatic carbocycles. The Bertz CT molecular complexity index is 373. The van der Waals surface area contributed by atoms with Gasteiger partial charge in [-0.2, -0.15) is 5.10 Å². The van der Waals surface area contributed by atoms with Crippen molar-refractivity contribution in [3.05, 3.63) is 17.5 Å². The maximum Gasteiger partial charge on any atom is 0.0641 e. The van der Waals surface area contributed by atoms with Crippen LogP contribution in [0.25, 0.3) is 0 Å². The Kier molecular flexibility index (Phi) is 6.01. The highest BCUT2D eigenvalue weighted by Gasteiger charge is 2.20. The van der Waals surface area contributed by atoms with Crippen LogP contribution in [0.1, 0.15) is 45.0 Å². The number of hydrogen-bond donors (Lipinski definition) is 2. The lowest BCUT2D eigenvalue weighted by molar-refractivity contribution is 0.266. The zero-order valence-electron chi connectivity index (χ0n) is 13.3. The van der Waals surface area contributed by atoms with Crippen molar-refractivity contribution in [3.63, 3.8) is 0 Å². The van der Waals surface area contributed by atoms with Gasteiger partial charge in [-0.15, -0.1) is 0 Å². The first kappa shape index (κ1) is 16.2. The molecule has 3 N–H and O–H groups in total. The molecule has 1 aromatic heterocycles. The summed E-state index contributed by atoms with van der Waals surface area (Å²) in [5, 5.41) is 8.02. The van der Waals surface area contributed by atoms with Gasteiger partial charge < -0.3 is 11.1 Å². The van der Waals surface area contributed by atoms with Crippen LogP contribution in [0.2, 0.25) is 0 Å². The fraction of sp³-hybridized carbons (Fsp3) is 0.800. The molecule has 1 unspecified atom stereocenters. The summed E-state index contributed by atoms with van der Waals surface area (Å²) in [5.74, 6) is 2.04. The van der Waals surface area contributed by atoms with Crippen molar-refractivity contribution in [1.82, 2.24) is 15.1 Å². The third-order valence-corrected chi connectivity index (χ3v) is 3.98. The number of aryl methyl sites for hydroxylation is 2. The molecule has 4 heteroatoms. The summed E-state index contributed by atoms with van der Waals surface area (Å²) in [4.78, 5) is 0. The highest BCUT2D eigenvalue weighted by atomic mass is 15.3. The quantitative estimate of drug-likeness (QED) is 0.796. The van der Waals surface area contributed by atoms with Crippen LogP contribution in [-0.2, 0) is 7.05 Å². The highest BCUT2D eigenvalue weighted by Crippen LogP contribution is 2.22. The fourth-order valence-electron chi connectivity index (χ4n) is 2.80. The van der Waals surface area contributed by atoms with Crippen LogP contribution in [0.4, 0.5) is 0 Å². The fourth-order valence-corrected chi connectivity index (χ4v) is 2.80. The van der Waals surface area contributed by atoms with Gasteiger partial charge in [0.2, 0.25) is 0 Å². The average molecular weight is 266 g/mol. The third kappa shape index (κ3) is 4.32. The van der Waals surface area contributed by atoms with Crippen molar-refractivity contribution in [1.29, 1.82) is 0 Å². The van der Waals surface area contributed by atoms with Crippen LogP contribution in [0.15, 0.2) is 6.20 Å². The van der Waals surface area contributed by atoms with E-state index in [1.165, 1.54) is 5.56 Å². The van der Waals surface area contributed by atoms with Crippen molar-refractivity contribution in [2.24, 2.45) is 30.5 Å². The Labute approximate surface area is 117 Å². The summed E-state index contributed by atoms with van der Waals surface area (Å²) in [6, 6.07) is 0.202. The standard InChI is InChI=1S/C15H30N4/c1-10(2)13(11(3)4)8-17-15(7-16)14-9-19(6)18-12(14)5/h9-11,13,15,17H,7-8,16H2,1-6H3. The van der Waals surface area contributed by atoms with Crippen LogP contribution in [-0.4, -0.2) is 22.9 Å². The normalized spacial score (nSPS) is 13.8. The Balaban J connectivity index is 2.70. The summed E-state index contributed by atoms with van der Waals surface area (Å²) >= 11 is 0. The van der Waals surface area contributed by atoms with Gasteiger partial charge in [0.15, 0.2) is 0 Å². The van der Waals surface area contributed by atoms with E-state index in [-0.39, 0.29) is 6.04 Å². The zero-order chi connectivity index (χ0) is 14.6. The minimum atomic E-state index is 0.202. The van der Waals surface area contributed by atoms with Gasteiger partial charge in [-0.05, 0) is 31.2 Å². The van der Waals surface area contributed by atoms with E-state index >= 15 is 0 Å². The van der Waals surface area contributed by atoms with Gasteiger partial charge >= 0.3 is 0 Å². The second-order valence-electron chi connectivity index (χ2n) is 6.19. The highest BCUT2D eigenvalue weighted by molar-refractivity contribution is 5.20. The summed E-state index contributed by atoms with van der Waals surface area (Å²) < 4.78 is 1.86. The van der Waals surface area contributed by atoms with Crippen LogP contribution in [0, 0.1) is 24.7 Å². The molecule has 0 saturated carbocycles.